The standard InChI is InChI=1S/C18H14F3N3OS/c1-11-10-26-18(23-11)24-22-8-12-2-4-13(5-3-12)9-25-15-7-6-14(19)16(20)17(15)21/h2-8,10H,9H2,1H3,(H,23,24). The van der Waals surface area contributed by atoms with E-state index < -0.39 is 17.5 Å². The van der Waals surface area contributed by atoms with Gasteiger partial charge in [0.15, 0.2) is 17.4 Å². The monoisotopic (exact) mass is 377 g/mol. The number of thiazole rings is 1. The molecule has 0 atom stereocenters. The third-order valence-electron chi connectivity index (χ3n) is 3.37. The number of aromatic nitrogens is 1. The van der Waals surface area contributed by atoms with E-state index in [9.17, 15) is 13.2 Å². The van der Waals surface area contributed by atoms with Crippen LogP contribution in [0.15, 0.2) is 46.9 Å². The topological polar surface area (TPSA) is 46.5 Å². The number of ether oxygens (including phenoxy) is 1. The van der Waals surface area contributed by atoms with Gasteiger partial charge in [-0.1, -0.05) is 24.3 Å². The quantitative estimate of drug-likeness (QED) is 0.378. The van der Waals surface area contributed by atoms with E-state index >= 15 is 0 Å². The second-order valence-corrected chi connectivity index (χ2v) is 6.23. The van der Waals surface area contributed by atoms with Crippen molar-refractivity contribution in [3.63, 3.8) is 0 Å². The number of hydrogen-bond acceptors (Lipinski definition) is 5. The fourth-order valence-corrected chi connectivity index (χ4v) is 2.69. The Bertz CT molecular complexity index is 926. The van der Waals surface area contributed by atoms with Crippen molar-refractivity contribution in [1.82, 2.24) is 4.98 Å². The second kappa shape index (κ2) is 8.01. The van der Waals surface area contributed by atoms with E-state index in [4.69, 9.17) is 4.74 Å². The van der Waals surface area contributed by atoms with Gasteiger partial charge in [0.25, 0.3) is 0 Å². The predicted molar refractivity (Wildman–Crippen MR) is 95.2 cm³/mol. The van der Waals surface area contributed by atoms with Gasteiger partial charge in [0.1, 0.15) is 6.61 Å². The Morgan fingerprint density at radius 3 is 2.58 bits per heavy atom. The Morgan fingerprint density at radius 1 is 1.12 bits per heavy atom. The molecular formula is C18H14F3N3OS. The van der Waals surface area contributed by atoms with Crippen LogP contribution in [0.1, 0.15) is 16.8 Å². The van der Waals surface area contributed by atoms with Crippen LogP contribution in [-0.4, -0.2) is 11.2 Å². The van der Waals surface area contributed by atoms with E-state index in [2.05, 4.69) is 15.5 Å². The second-order valence-electron chi connectivity index (χ2n) is 5.37. The molecule has 0 saturated carbocycles. The van der Waals surface area contributed by atoms with Gasteiger partial charge < -0.3 is 4.74 Å². The van der Waals surface area contributed by atoms with Crippen molar-refractivity contribution in [2.45, 2.75) is 13.5 Å². The van der Waals surface area contributed by atoms with Crippen LogP contribution in [0, 0.1) is 24.4 Å². The van der Waals surface area contributed by atoms with E-state index in [1.165, 1.54) is 11.3 Å². The van der Waals surface area contributed by atoms with Crippen LogP contribution < -0.4 is 10.2 Å². The van der Waals surface area contributed by atoms with Crippen molar-refractivity contribution in [2.24, 2.45) is 5.10 Å². The van der Waals surface area contributed by atoms with Crippen LogP contribution in [0.5, 0.6) is 5.75 Å². The first-order chi connectivity index (χ1) is 12.5. The molecule has 3 rings (SSSR count). The highest BCUT2D eigenvalue weighted by atomic mass is 32.1. The molecule has 134 valence electrons. The maximum absolute atomic E-state index is 13.5. The summed E-state index contributed by atoms with van der Waals surface area (Å²) < 4.78 is 44.8. The molecule has 0 unspecified atom stereocenters. The van der Waals surface area contributed by atoms with Crippen molar-refractivity contribution in [2.75, 3.05) is 5.43 Å². The zero-order chi connectivity index (χ0) is 18.5. The van der Waals surface area contributed by atoms with E-state index in [1.807, 2.05) is 12.3 Å². The number of halogens is 3. The molecule has 1 heterocycles. The molecule has 0 aliphatic heterocycles. The van der Waals surface area contributed by atoms with Crippen molar-refractivity contribution in [1.29, 1.82) is 0 Å². The zero-order valence-electron chi connectivity index (χ0n) is 13.7. The molecule has 0 radical (unpaired) electrons. The van der Waals surface area contributed by atoms with Crippen LogP contribution in [0.4, 0.5) is 18.3 Å². The highest BCUT2D eigenvalue weighted by Crippen LogP contribution is 2.22. The van der Waals surface area contributed by atoms with Gasteiger partial charge >= 0.3 is 0 Å². The summed E-state index contributed by atoms with van der Waals surface area (Å²) in [6.07, 6.45) is 1.64. The number of aryl methyl sites for hydroxylation is 1. The molecule has 0 fully saturated rings. The minimum absolute atomic E-state index is 0.0239. The molecule has 1 N–H and O–H groups in total. The van der Waals surface area contributed by atoms with E-state index in [1.54, 1.807) is 30.5 Å². The van der Waals surface area contributed by atoms with Crippen LogP contribution in [-0.2, 0) is 6.61 Å². The normalized spacial score (nSPS) is 11.1. The lowest BCUT2D eigenvalue weighted by atomic mass is 10.1. The van der Waals surface area contributed by atoms with Crippen molar-refractivity contribution < 1.29 is 17.9 Å². The predicted octanol–water partition coefficient (Wildman–Crippen LogP) is 4.89. The summed E-state index contributed by atoms with van der Waals surface area (Å²) in [5.74, 6) is -4.47. The third-order valence-corrected chi connectivity index (χ3v) is 4.23. The molecule has 0 saturated heterocycles. The Hall–Kier alpha value is -2.87. The van der Waals surface area contributed by atoms with Crippen LogP contribution >= 0.6 is 11.3 Å². The van der Waals surface area contributed by atoms with E-state index in [0.29, 0.717) is 5.13 Å². The Balaban J connectivity index is 1.57. The summed E-state index contributed by atoms with van der Waals surface area (Å²) in [7, 11) is 0. The summed E-state index contributed by atoms with van der Waals surface area (Å²) in [4.78, 5) is 4.22. The van der Waals surface area contributed by atoms with Gasteiger partial charge in [0, 0.05) is 5.38 Å². The Labute approximate surface area is 152 Å². The molecule has 1 aromatic heterocycles. The highest BCUT2D eigenvalue weighted by Gasteiger charge is 2.14. The van der Waals surface area contributed by atoms with Crippen molar-refractivity contribution in [3.05, 3.63) is 76.1 Å². The Morgan fingerprint density at radius 2 is 1.88 bits per heavy atom. The number of nitrogens with zero attached hydrogens (tertiary/aromatic N) is 2. The first-order valence-corrected chi connectivity index (χ1v) is 8.47. The van der Waals surface area contributed by atoms with Crippen LogP contribution in [0.2, 0.25) is 0 Å². The summed E-state index contributed by atoms with van der Waals surface area (Å²) in [6.45, 7) is 1.93. The molecule has 26 heavy (non-hydrogen) atoms. The molecule has 2 aromatic carbocycles. The molecule has 0 aliphatic rings. The van der Waals surface area contributed by atoms with Crippen LogP contribution in [0.25, 0.3) is 0 Å². The Kier molecular flexibility index (Phi) is 5.52. The molecule has 0 bridgehead atoms. The largest absolute Gasteiger partial charge is 0.486 e. The molecule has 4 nitrogen and oxygen atoms in total. The lowest BCUT2D eigenvalue weighted by Gasteiger charge is -2.08. The van der Waals surface area contributed by atoms with Gasteiger partial charge in [0.2, 0.25) is 10.9 Å². The summed E-state index contributed by atoms with van der Waals surface area (Å²) in [6, 6.07) is 9.03. The number of rotatable bonds is 6. The van der Waals surface area contributed by atoms with Crippen LogP contribution in [0.3, 0.4) is 0 Å². The SMILES string of the molecule is Cc1csc(NN=Cc2ccc(COc3ccc(F)c(F)c3F)cc2)n1. The fraction of sp³-hybridized carbons (Fsp3) is 0.111. The molecule has 0 aliphatic carbocycles. The highest BCUT2D eigenvalue weighted by molar-refractivity contribution is 7.13. The van der Waals surface area contributed by atoms with Gasteiger partial charge in [-0.3, -0.25) is 5.43 Å². The average molecular weight is 377 g/mol. The smallest absolute Gasteiger partial charge is 0.203 e. The van der Waals surface area contributed by atoms with Gasteiger partial charge in [-0.15, -0.1) is 11.3 Å². The molecule has 0 spiro atoms. The number of anilines is 1. The summed E-state index contributed by atoms with van der Waals surface area (Å²) in [5, 5.41) is 6.72. The van der Waals surface area contributed by atoms with Gasteiger partial charge in [-0.05, 0) is 30.2 Å². The van der Waals surface area contributed by atoms with E-state index in [-0.39, 0.29) is 12.4 Å². The molecule has 8 heteroatoms. The maximum Gasteiger partial charge on any atom is 0.203 e. The maximum atomic E-state index is 13.5. The molecule has 0 amide bonds. The third kappa shape index (κ3) is 4.40. The first-order valence-electron chi connectivity index (χ1n) is 7.59. The lowest BCUT2D eigenvalue weighted by Crippen LogP contribution is -2.00. The minimum atomic E-state index is -1.54. The van der Waals surface area contributed by atoms with Crippen molar-refractivity contribution >= 4 is 22.7 Å². The minimum Gasteiger partial charge on any atom is -0.486 e. The average Bonchev–Trinajstić information content (AvgIpc) is 3.05. The zero-order valence-corrected chi connectivity index (χ0v) is 14.5. The number of hydrogen-bond donors (Lipinski definition) is 1. The lowest BCUT2D eigenvalue weighted by molar-refractivity contribution is 0.281. The first kappa shape index (κ1) is 17.9. The van der Waals surface area contributed by atoms with Gasteiger partial charge in [-0.25, -0.2) is 13.8 Å². The van der Waals surface area contributed by atoms with E-state index in [0.717, 1.165) is 29.0 Å². The number of nitrogens with one attached hydrogen (secondary N) is 1. The fourth-order valence-electron chi connectivity index (χ4n) is 2.05. The summed E-state index contributed by atoms with van der Waals surface area (Å²) >= 11 is 1.46. The molecule has 3 aromatic rings. The van der Waals surface area contributed by atoms with Gasteiger partial charge in [0.05, 0.1) is 11.9 Å². The number of hydrazone groups is 1. The summed E-state index contributed by atoms with van der Waals surface area (Å²) in [5.41, 5.74) is 5.35. The molecular weight excluding hydrogens is 363 g/mol. The number of benzene rings is 2. The van der Waals surface area contributed by atoms with Gasteiger partial charge in [-0.2, -0.15) is 9.49 Å². The van der Waals surface area contributed by atoms with Crippen molar-refractivity contribution in [3.8, 4) is 5.75 Å².